The molecule has 108 valence electrons. The Labute approximate surface area is 124 Å². The Morgan fingerprint density at radius 3 is 1.77 bits per heavy atom. The van der Waals surface area contributed by atoms with Gasteiger partial charge in [0.25, 0.3) is 5.69 Å². The number of carbonyl (C=O) groups excluding carboxylic acids is 2. The minimum absolute atomic E-state index is 0.0942. The van der Waals surface area contributed by atoms with Gasteiger partial charge < -0.3 is 4.74 Å². The van der Waals surface area contributed by atoms with E-state index in [1.807, 2.05) is 0 Å². The summed E-state index contributed by atoms with van der Waals surface area (Å²) in [6, 6.07) is 14.1. The molecule has 0 aliphatic carbocycles. The molecule has 3 rings (SSSR count). The highest BCUT2D eigenvalue weighted by Gasteiger charge is 2.34. The van der Waals surface area contributed by atoms with Gasteiger partial charge in [-0.3, -0.25) is 10.1 Å². The average Bonchev–Trinajstić information content (AvgIpc) is 2.82. The van der Waals surface area contributed by atoms with Crippen molar-refractivity contribution in [3.63, 3.8) is 0 Å². The van der Waals surface area contributed by atoms with Crippen molar-refractivity contribution >= 4 is 28.8 Å². The normalized spacial score (nSPS) is 14.2. The van der Waals surface area contributed by atoms with Gasteiger partial charge in [-0.25, -0.2) is 9.59 Å². The van der Waals surface area contributed by atoms with Crippen LogP contribution in [0.15, 0.2) is 54.6 Å². The Balaban J connectivity index is 2.16. The molecule has 0 amide bonds. The van der Waals surface area contributed by atoms with E-state index < -0.39 is 16.9 Å². The number of cyclic esters (lactones) is 2. The Bertz CT molecular complexity index is 806. The quantitative estimate of drug-likeness (QED) is 0.376. The first kappa shape index (κ1) is 13.7. The molecule has 0 spiro atoms. The molecule has 6 heteroatoms. The first-order valence-electron chi connectivity index (χ1n) is 6.39. The third kappa shape index (κ3) is 2.26. The third-order valence-corrected chi connectivity index (χ3v) is 3.27. The van der Waals surface area contributed by atoms with Gasteiger partial charge in [-0.2, -0.15) is 0 Å². The maximum absolute atomic E-state index is 12.0. The Hall–Kier alpha value is -3.28. The highest BCUT2D eigenvalue weighted by atomic mass is 16.6. The van der Waals surface area contributed by atoms with Crippen molar-refractivity contribution in [2.24, 2.45) is 0 Å². The van der Waals surface area contributed by atoms with E-state index in [0.717, 1.165) is 0 Å². The standard InChI is InChI=1S/C16H9NO5/c18-15-13(10-4-2-1-3-5-10)14(16(19)22-15)11-6-8-12(9-7-11)17(20)21/h1-9H. The second-order valence-electron chi connectivity index (χ2n) is 4.60. The molecule has 0 aromatic heterocycles. The van der Waals surface area contributed by atoms with Crippen LogP contribution in [-0.2, 0) is 14.3 Å². The number of hydrogen-bond donors (Lipinski definition) is 0. The number of non-ortho nitro benzene ring substituents is 1. The molecule has 1 aliphatic rings. The monoisotopic (exact) mass is 295 g/mol. The summed E-state index contributed by atoms with van der Waals surface area (Å²) in [6.07, 6.45) is 0. The fraction of sp³-hybridized carbons (Fsp3) is 0. The Kier molecular flexibility index (Phi) is 3.27. The summed E-state index contributed by atoms with van der Waals surface area (Å²) in [4.78, 5) is 34.0. The van der Waals surface area contributed by atoms with Crippen molar-refractivity contribution in [1.82, 2.24) is 0 Å². The molecule has 1 aliphatic heterocycles. The molecule has 0 N–H and O–H groups in total. The summed E-state index contributed by atoms with van der Waals surface area (Å²) < 4.78 is 4.69. The van der Waals surface area contributed by atoms with Gasteiger partial charge in [0, 0.05) is 12.1 Å². The first-order chi connectivity index (χ1) is 10.6. The lowest BCUT2D eigenvalue weighted by molar-refractivity contribution is -0.384. The lowest BCUT2D eigenvalue weighted by Gasteiger charge is -2.03. The van der Waals surface area contributed by atoms with Crippen molar-refractivity contribution in [2.75, 3.05) is 0 Å². The maximum atomic E-state index is 12.0. The van der Waals surface area contributed by atoms with E-state index in [0.29, 0.717) is 11.1 Å². The number of hydrogen-bond acceptors (Lipinski definition) is 5. The van der Waals surface area contributed by atoms with Gasteiger partial charge in [0.15, 0.2) is 0 Å². The molecule has 0 saturated carbocycles. The minimum Gasteiger partial charge on any atom is -0.386 e. The summed E-state index contributed by atoms with van der Waals surface area (Å²) in [7, 11) is 0. The molecule has 0 bridgehead atoms. The van der Waals surface area contributed by atoms with Crippen LogP contribution < -0.4 is 0 Å². The predicted molar refractivity (Wildman–Crippen MR) is 77.5 cm³/mol. The van der Waals surface area contributed by atoms with E-state index in [4.69, 9.17) is 0 Å². The van der Waals surface area contributed by atoms with Gasteiger partial charge in [0.1, 0.15) is 0 Å². The molecule has 0 unspecified atom stereocenters. The molecule has 0 fully saturated rings. The van der Waals surface area contributed by atoms with Crippen LogP contribution in [-0.4, -0.2) is 16.9 Å². The van der Waals surface area contributed by atoms with Crippen molar-refractivity contribution in [3.05, 3.63) is 75.8 Å². The van der Waals surface area contributed by atoms with Crippen molar-refractivity contribution in [3.8, 4) is 0 Å². The van der Waals surface area contributed by atoms with Crippen LogP contribution in [0.25, 0.3) is 11.1 Å². The maximum Gasteiger partial charge on any atom is 0.347 e. The van der Waals surface area contributed by atoms with E-state index in [2.05, 4.69) is 4.74 Å². The largest absolute Gasteiger partial charge is 0.386 e. The van der Waals surface area contributed by atoms with Crippen molar-refractivity contribution in [2.45, 2.75) is 0 Å². The van der Waals surface area contributed by atoms with Crippen molar-refractivity contribution < 1.29 is 19.2 Å². The zero-order chi connectivity index (χ0) is 15.7. The Morgan fingerprint density at radius 1 is 0.773 bits per heavy atom. The second kappa shape index (κ2) is 5.25. The van der Waals surface area contributed by atoms with E-state index in [9.17, 15) is 19.7 Å². The van der Waals surface area contributed by atoms with Crippen LogP contribution in [0.1, 0.15) is 11.1 Å². The smallest absolute Gasteiger partial charge is 0.347 e. The molecule has 22 heavy (non-hydrogen) atoms. The molecule has 6 nitrogen and oxygen atoms in total. The molecule has 0 saturated heterocycles. The summed E-state index contributed by atoms with van der Waals surface area (Å²) in [5.41, 5.74) is 1.15. The zero-order valence-electron chi connectivity index (χ0n) is 11.2. The van der Waals surface area contributed by atoms with E-state index in [1.165, 1.54) is 24.3 Å². The highest BCUT2D eigenvalue weighted by Crippen LogP contribution is 2.34. The van der Waals surface area contributed by atoms with Gasteiger partial charge in [-0.1, -0.05) is 30.3 Å². The van der Waals surface area contributed by atoms with Gasteiger partial charge in [-0.15, -0.1) is 0 Å². The molecule has 0 radical (unpaired) electrons. The number of nitro benzene ring substituents is 1. The molecular weight excluding hydrogens is 286 g/mol. The molecule has 1 heterocycles. The lowest BCUT2D eigenvalue weighted by Crippen LogP contribution is -2.02. The van der Waals surface area contributed by atoms with Crippen LogP contribution in [0.4, 0.5) is 5.69 Å². The molecule has 2 aromatic carbocycles. The number of rotatable bonds is 3. The zero-order valence-corrected chi connectivity index (χ0v) is 11.2. The molecule has 2 aromatic rings. The van der Waals surface area contributed by atoms with Gasteiger partial charge in [0.2, 0.25) is 0 Å². The first-order valence-corrected chi connectivity index (χ1v) is 6.39. The molecule has 0 atom stereocenters. The van der Waals surface area contributed by atoms with Crippen LogP contribution >= 0.6 is 0 Å². The minimum atomic E-state index is -0.752. The number of benzene rings is 2. The summed E-state index contributed by atoms with van der Waals surface area (Å²) in [6.45, 7) is 0. The van der Waals surface area contributed by atoms with E-state index >= 15 is 0 Å². The number of ether oxygens (including phenoxy) is 1. The highest BCUT2D eigenvalue weighted by molar-refractivity contribution is 6.44. The number of nitro groups is 1. The average molecular weight is 295 g/mol. The van der Waals surface area contributed by atoms with Crippen LogP contribution in [0, 0.1) is 10.1 Å². The van der Waals surface area contributed by atoms with Crippen LogP contribution in [0.5, 0.6) is 0 Å². The SMILES string of the molecule is O=C1OC(=O)C(c2ccc([N+](=O)[O-])cc2)=C1c1ccccc1. The molecular formula is C16H9NO5. The lowest BCUT2D eigenvalue weighted by atomic mass is 9.96. The van der Waals surface area contributed by atoms with Crippen LogP contribution in [0.2, 0.25) is 0 Å². The predicted octanol–water partition coefficient (Wildman–Crippen LogP) is 2.59. The number of nitrogens with zero attached hydrogens (tertiary/aromatic N) is 1. The van der Waals surface area contributed by atoms with Crippen molar-refractivity contribution in [1.29, 1.82) is 0 Å². The topological polar surface area (TPSA) is 86.5 Å². The number of esters is 2. The summed E-state index contributed by atoms with van der Waals surface area (Å²) in [5, 5.41) is 10.7. The second-order valence-corrected chi connectivity index (χ2v) is 4.60. The van der Waals surface area contributed by atoms with E-state index in [1.54, 1.807) is 30.3 Å². The van der Waals surface area contributed by atoms with Crippen LogP contribution in [0.3, 0.4) is 0 Å². The summed E-state index contributed by atoms with van der Waals surface area (Å²) in [5.74, 6) is -1.47. The van der Waals surface area contributed by atoms with Gasteiger partial charge in [-0.05, 0) is 23.3 Å². The Morgan fingerprint density at radius 2 is 1.27 bits per heavy atom. The van der Waals surface area contributed by atoms with Gasteiger partial charge >= 0.3 is 11.9 Å². The fourth-order valence-corrected chi connectivity index (χ4v) is 2.27. The third-order valence-electron chi connectivity index (χ3n) is 3.27. The fourth-order valence-electron chi connectivity index (χ4n) is 2.27. The van der Waals surface area contributed by atoms with Gasteiger partial charge in [0.05, 0.1) is 16.1 Å². The van der Waals surface area contributed by atoms with E-state index in [-0.39, 0.29) is 16.8 Å². The summed E-state index contributed by atoms with van der Waals surface area (Å²) >= 11 is 0. The number of carbonyl (C=O) groups is 2.